The first-order valence-corrected chi connectivity index (χ1v) is 5.12. The Morgan fingerprint density at radius 2 is 1.50 bits per heavy atom. The molecule has 0 aliphatic rings. The number of hydrogen-bond donors (Lipinski definition) is 0. The van der Waals surface area contributed by atoms with E-state index in [1.807, 2.05) is 30.3 Å². The quantitative estimate of drug-likeness (QED) is 0.633. The summed E-state index contributed by atoms with van der Waals surface area (Å²) in [6.45, 7) is 0.419. The molecule has 4 heteroatoms. The van der Waals surface area contributed by atoms with E-state index in [1.165, 1.54) is 0 Å². The molecule has 1 aromatic rings. The summed E-state index contributed by atoms with van der Waals surface area (Å²) < 4.78 is 20.4. The SMILES string of the molecule is COCOC(Cc1ccccc1)OCOC. The lowest BCUT2D eigenvalue weighted by molar-refractivity contribution is -0.218. The van der Waals surface area contributed by atoms with Crippen LogP contribution in [0.5, 0.6) is 0 Å². The van der Waals surface area contributed by atoms with Gasteiger partial charge in [-0.05, 0) is 5.56 Å². The minimum Gasteiger partial charge on any atom is -0.359 e. The molecule has 0 aliphatic carbocycles. The Hall–Kier alpha value is -0.940. The lowest BCUT2D eigenvalue weighted by atomic mass is 10.1. The first-order chi connectivity index (χ1) is 7.86. The monoisotopic (exact) mass is 226 g/mol. The van der Waals surface area contributed by atoms with Gasteiger partial charge in [0.1, 0.15) is 13.6 Å². The van der Waals surface area contributed by atoms with Gasteiger partial charge in [-0.1, -0.05) is 30.3 Å². The molecule has 0 spiro atoms. The highest BCUT2D eigenvalue weighted by molar-refractivity contribution is 5.14. The summed E-state index contributed by atoms with van der Waals surface area (Å²) >= 11 is 0. The lowest BCUT2D eigenvalue weighted by Crippen LogP contribution is -2.22. The minimum absolute atomic E-state index is 0.210. The Balaban J connectivity index is 2.42. The Morgan fingerprint density at radius 1 is 0.938 bits per heavy atom. The van der Waals surface area contributed by atoms with Crippen LogP contribution in [0.3, 0.4) is 0 Å². The molecule has 0 saturated heterocycles. The van der Waals surface area contributed by atoms with Gasteiger partial charge >= 0.3 is 0 Å². The molecule has 16 heavy (non-hydrogen) atoms. The predicted molar refractivity (Wildman–Crippen MR) is 59.9 cm³/mol. The molecule has 0 N–H and O–H groups in total. The van der Waals surface area contributed by atoms with Crippen LogP contribution in [0.1, 0.15) is 5.56 Å². The number of rotatable bonds is 8. The second-order valence-corrected chi connectivity index (χ2v) is 3.27. The Kier molecular flexibility index (Phi) is 6.76. The van der Waals surface area contributed by atoms with Crippen molar-refractivity contribution in [3.05, 3.63) is 35.9 Å². The van der Waals surface area contributed by atoms with Crippen LogP contribution in [0.2, 0.25) is 0 Å². The third-order valence-electron chi connectivity index (χ3n) is 1.99. The number of methoxy groups -OCH3 is 2. The second kappa shape index (κ2) is 8.24. The van der Waals surface area contributed by atoms with Crippen LogP contribution in [0.4, 0.5) is 0 Å². The highest BCUT2D eigenvalue weighted by atomic mass is 16.8. The van der Waals surface area contributed by atoms with Crippen LogP contribution < -0.4 is 0 Å². The minimum atomic E-state index is -0.345. The summed E-state index contributed by atoms with van der Waals surface area (Å²) in [6, 6.07) is 10.0. The molecule has 0 heterocycles. The first-order valence-electron chi connectivity index (χ1n) is 5.12. The largest absolute Gasteiger partial charge is 0.359 e. The molecule has 0 radical (unpaired) electrons. The molecule has 90 valence electrons. The maximum Gasteiger partial charge on any atom is 0.167 e. The zero-order chi connectivity index (χ0) is 11.6. The van der Waals surface area contributed by atoms with E-state index in [0.29, 0.717) is 6.42 Å². The van der Waals surface area contributed by atoms with E-state index in [-0.39, 0.29) is 19.9 Å². The number of benzene rings is 1. The lowest BCUT2D eigenvalue weighted by Gasteiger charge is -2.17. The van der Waals surface area contributed by atoms with E-state index in [9.17, 15) is 0 Å². The maximum atomic E-state index is 5.37. The van der Waals surface area contributed by atoms with Gasteiger partial charge in [0.2, 0.25) is 0 Å². The summed E-state index contributed by atoms with van der Waals surface area (Å²) in [6.07, 6.45) is 0.329. The first kappa shape index (κ1) is 13.1. The fourth-order valence-corrected chi connectivity index (χ4v) is 1.26. The second-order valence-electron chi connectivity index (χ2n) is 3.27. The van der Waals surface area contributed by atoms with E-state index >= 15 is 0 Å². The summed E-state index contributed by atoms with van der Waals surface area (Å²) in [7, 11) is 3.16. The van der Waals surface area contributed by atoms with Crippen LogP contribution in [0, 0.1) is 0 Å². The van der Waals surface area contributed by atoms with Crippen LogP contribution in [-0.2, 0) is 25.4 Å². The van der Waals surface area contributed by atoms with E-state index in [0.717, 1.165) is 5.56 Å². The molecular formula is C12H18O4. The van der Waals surface area contributed by atoms with Gasteiger partial charge in [-0.15, -0.1) is 0 Å². The van der Waals surface area contributed by atoms with Gasteiger partial charge in [0.15, 0.2) is 6.29 Å². The van der Waals surface area contributed by atoms with Gasteiger partial charge in [0.05, 0.1) is 0 Å². The summed E-state index contributed by atoms with van der Waals surface area (Å²) in [5, 5.41) is 0. The molecule has 1 aromatic carbocycles. The van der Waals surface area contributed by atoms with Crippen LogP contribution in [0.15, 0.2) is 30.3 Å². The van der Waals surface area contributed by atoms with Crippen molar-refractivity contribution in [3.63, 3.8) is 0 Å². The third kappa shape index (κ3) is 5.23. The van der Waals surface area contributed by atoms with E-state index in [1.54, 1.807) is 14.2 Å². The average molecular weight is 226 g/mol. The average Bonchev–Trinajstić information content (AvgIpc) is 2.34. The molecule has 0 unspecified atom stereocenters. The van der Waals surface area contributed by atoms with Gasteiger partial charge in [-0.25, -0.2) is 0 Å². The highest BCUT2D eigenvalue weighted by Crippen LogP contribution is 2.07. The highest BCUT2D eigenvalue weighted by Gasteiger charge is 2.10. The molecular weight excluding hydrogens is 208 g/mol. The van der Waals surface area contributed by atoms with Gasteiger partial charge in [-0.2, -0.15) is 0 Å². The van der Waals surface area contributed by atoms with Gasteiger partial charge in [-0.3, -0.25) is 0 Å². The smallest absolute Gasteiger partial charge is 0.167 e. The molecule has 0 fully saturated rings. The molecule has 0 amide bonds. The van der Waals surface area contributed by atoms with Crippen molar-refractivity contribution in [2.45, 2.75) is 12.7 Å². The molecule has 0 aliphatic heterocycles. The van der Waals surface area contributed by atoms with Crippen molar-refractivity contribution in [3.8, 4) is 0 Å². The zero-order valence-electron chi connectivity index (χ0n) is 9.72. The van der Waals surface area contributed by atoms with E-state index < -0.39 is 0 Å². The Bertz CT molecular complexity index is 255. The number of ether oxygens (including phenoxy) is 4. The molecule has 4 nitrogen and oxygen atoms in total. The van der Waals surface area contributed by atoms with Gasteiger partial charge < -0.3 is 18.9 Å². The van der Waals surface area contributed by atoms with Crippen molar-refractivity contribution < 1.29 is 18.9 Å². The van der Waals surface area contributed by atoms with Gasteiger partial charge in [0, 0.05) is 20.6 Å². The van der Waals surface area contributed by atoms with Crippen molar-refractivity contribution in [1.82, 2.24) is 0 Å². The molecule has 0 atom stereocenters. The summed E-state index contributed by atoms with van der Waals surface area (Å²) in [5.74, 6) is 0. The molecule has 0 aromatic heterocycles. The van der Waals surface area contributed by atoms with Crippen molar-refractivity contribution >= 4 is 0 Å². The van der Waals surface area contributed by atoms with Crippen molar-refractivity contribution in [1.29, 1.82) is 0 Å². The van der Waals surface area contributed by atoms with Crippen molar-refractivity contribution in [2.75, 3.05) is 27.8 Å². The van der Waals surface area contributed by atoms with E-state index in [2.05, 4.69) is 0 Å². The topological polar surface area (TPSA) is 36.9 Å². The Labute approximate surface area is 96.1 Å². The fraction of sp³-hybridized carbons (Fsp3) is 0.500. The zero-order valence-corrected chi connectivity index (χ0v) is 9.72. The fourth-order valence-electron chi connectivity index (χ4n) is 1.26. The van der Waals surface area contributed by atoms with Crippen LogP contribution >= 0.6 is 0 Å². The molecule has 1 rings (SSSR count). The molecule has 0 saturated carbocycles. The normalized spacial score (nSPS) is 10.9. The van der Waals surface area contributed by atoms with Crippen LogP contribution in [0.25, 0.3) is 0 Å². The predicted octanol–water partition coefficient (Wildman–Crippen LogP) is 1.80. The molecule has 0 bridgehead atoms. The Morgan fingerprint density at radius 3 is 2.00 bits per heavy atom. The maximum absolute atomic E-state index is 5.37. The summed E-state index contributed by atoms with van der Waals surface area (Å²) in [4.78, 5) is 0. The number of hydrogen-bond acceptors (Lipinski definition) is 4. The van der Waals surface area contributed by atoms with Crippen molar-refractivity contribution in [2.24, 2.45) is 0 Å². The van der Waals surface area contributed by atoms with Crippen LogP contribution in [-0.4, -0.2) is 34.1 Å². The third-order valence-corrected chi connectivity index (χ3v) is 1.99. The van der Waals surface area contributed by atoms with Gasteiger partial charge in [0.25, 0.3) is 0 Å². The summed E-state index contributed by atoms with van der Waals surface area (Å²) in [5.41, 5.74) is 1.15. The van der Waals surface area contributed by atoms with E-state index in [4.69, 9.17) is 18.9 Å². The standard InChI is InChI=1S/C12H18O4/c1-13-9-15-12(16-10-14-2)8-11-6-4-3-5-7-11/h3-7,12H,8-10H2,1-2H3.